The zero-order chi connectivity index (χ0) is 15.7. The average molecular weight is 338 g/mol. The molecule has 0 heterocycles. The van der Waals surface area contributed by atoms with Gasteiger partial charge in [0.2, 0.25) is 0 Å². The van der Waals surface area contributed by atoms with Crippen molar-refractivity contribution in [3.05, 3.63) is 29.8 Å². The van der Waals surface area contributed by atoms with Gasteiger partial charge in [-0.2, -0.15) is 0 Å². The fourth-order valence-electron chi connectivity index (χ4n) is 3.74. The van der Waals surface area contributed by atoms with E-state index >= 15 is 0 Å². The maximum atomic E-state index is 11.3. The van der Waals surface area contributed by atoms with E-state index in [1.54, 1.807) is 0 Å². The SMILES string of the molecule is CS(=O)(=O)Cc1ccc(NC(=S)NC2CC3CCC2C3)cc1. The van der Waals surface area contributed by atoms with Crippen LogP contribution in [0.3, 0.4) is 0 Å². The van der Waals surface area contributed by atoms with Crippen molar-refractivity contribution in [3.63, 3.8) is 0 Å². The molecule has 2 aliphatic carbocycles. The molecule has 2 fully saturated rings. The molecular formula is C16H22N2O2S2. The summed E-state index contributed by atoms with van der Waals surface area (Å²) >= 11 is 5.39. The topological polar surface area (TPSA) is 58.2 Å². The van der Waals surface area contributed by atoms with Crippen LogP contribution in [0, 0.1) is 11.8 Å². The minimum absolute atomic E-state index is 0.0706. The van der Waals surface area contributed by atoms with Crippen LogP contribution in [0.4, 0.5) is 5.69 Å². The van der Waals surface area contributed by atoms with Crippen LogP contribution in [0.15, 0.2) is 24.3 Å². The zero-order valence-electron chi connectivity index (χ0n) is 12.7. The zero-order valence-corrected chi connectivity index (χ0v) is 14.3. The van der Waals surface area contributed by atoms with Crippen molar-refractivity contribution in [2.24, 2.45) is 11.8 Å². The first-order valence-corrected chi connectivity index (χ1v) is 10.2. The smallest absolute Gasteiger partial charge is 0.171 e. The van der Waals surface area contributed by atoms with E-state index in [4.69, 9.17) is 12.2 Å². The Morgan fingerprint density at radius 2 is 1.95 bits per heavy atom. The van der Waals surface area contributed by atoms with Crippen LogP contribution < -0.4 is 10.6 Å². The molecule has 3 atom stereocenters. The fourth-order valence-corrected chi connectivity index (χ4v) is 4.81. The molecule has 1 aromatic rings. The molecule has 0 aromatic heterocycles. The molecule has 3 unspecified atom stereocenters. The minimum Gasteiger partial charge on any atom is -0.359 e. The summed E-state index contributed by atoms with van der Waals surface area (Å²) in [6, 6.07) is 7.90. The number of hydrogen-bond donors (Lipinski definition) is 2. The van der Waals surface area contributed by atoms with Crippen LogP contribution in [0.5, 0.6) is 0 Å². The van der Waals surface area contributed by atoms with Crippen LogP contribution in [0.1, 0.15) is 31.2 Å². The minimum atomic E-state index is -2.99. The predicted octanol–water partition coefficient (Wildman–Crippen LogP) is 2.71. The molecule has 3 rings (SSSR count). The van der Waals surface area contributed by atoms with Crippen LogP contribution >= 0.6 is 12.2 Å². The molecule has 120 valence electrons. The van der Waals surface area contributed by atoms with E-state index in [1.807, 2.05) is 24.3 Å². The molecule has 0 spiro atoms. The lowest BCUT2D eigenvalue weighted by Gasteiger charge is -2.24. The number of sulfone groups is 1. The van der Waals surface area contributed by atoms with Crippen LogP contribution in [-0.4, -0.2) is 25.8 Å². The van der Waals surface area contributed by atoms with E-state index in [9.17, 15) is 8.42 Å². The highest BCUT2D eigenvalue weighted by Gasteiger charge is 2.39. The summed E-state index contributed by atoms with van der Waals surface area (Å²) in [5, 5.41) is 7.29. The quantitative estimate of drug-likeness (QED) is 0.827. The Hall–Kier alpha value is -1.14. The van der Waals surface area contributed by atoms with Crippen LogP contribution in [0.2, 0.25) is 0 Å². The Morgan fingerprint density at radius 3 is 2.50 bits per heavy atom. The van der Waals surface area contributed by atoms with Gasteiger partial charge in [0.15, 0.2) is 14.9 Å². The molecule has 2 saturated carbocycles. The fraction of sp³-hybridized carbons (Fsp3) is 0.562. The Morgan fingerprint density at radius 1 is 1.23 bits per heavy atom. The van der Waals surface area contributed by atoms with Gasteiger partial charge in [-0.05, 0) is 61.0 Å². The number of hydrogen-bond acceptors (Lipinski definition) is 3. The maximum Gasteiger partial charge on any atom is 0.171 e. The van der Waals surface area contributed by atoms with Gasteiger partial charge < -0.3 is 10.6 Å². The molecule has 1 aromatic carbocycles. The van der Waals surface area contributed by atoms with Crippen LogP contribution in [0.25, 0.3) is 0 Å². The highest BCUT2D eigenvalue weighted by molar-refractivity contribution is 7.89. The third-order valence-electron chi connectivity index (χ3n) is 4.70. The molecule has 2 aliphatic rings. The van der Waals surface area contributed by atoms with Gasteiger partial charge in [0, 0.05) is 18.0 Å². The predicted molar refractivity (Wildman–Crippen MR) is 93.6 cm³/mol. The van der Waals surface area contributed by atoms with Crippen molar-refractivity contribution in [3.8, 4) is 0 Å². The molecule has 0 saturated heterocycles. The first-order valence-electron chi connectivity index (χ1n) is 7.73. The summed E-state index contributed by atoms with van der Waals surface area (Å²) in [5.41, 5.74) is 1.68. The van der Waals surface area contributed by atoms with E-state index in [1.165, 1.54) is 31.9 Å². The van der Waals surface area contributed by atoms with Gasteiger partial charge in [0.05, 0.1) is 5.75 Å². The normalized spacial score (nSPS) is 26.9. The summed E-state index contributed by atoms with van der Waals surface area (Å²) in [6.45, 7) is 0. The number of benzene rings is 1. The summed E-state index contributed by atoms with van der Waals surface area (Å²) < 4.78 is 22.5. The summed E-state index contributed by atoms with van der Waals surface area (Å²) in [4.78, 5) is 0. The molecule has 6 heteroatoms. The maximum absolute atomic E-state index is 11.3. The number of nitrogens with one attached hydrogen (secondary N) is 2. The number of fused-ring (bicyclic) bond motifs is 2. The molecule has 4 nitrogen and oxygen atoms in total. The van der Waals surface area contributed by atoms with Gasteiger partial charge in [0.25, 0.3) is 0 Å². The van der Waals surface area contributed by atoms with Crippen molar-refractivity contribution in [2.45, 2.75) is 37.5 Å². The van der Waals surface area contributed by atoms with Gasteiger partial charge in [0.1, 0.15) is 0 Å². The Labute approximate surface area is 137 Å². The van der Waals surface area contributed by atoms with Gasteiger partial charge in [-0.3, -0.25) is 0 Å². The molecule has 2 bridgehead atoms. The van der Waals surface area contributed by atoms with E-state index < -0.39 is 9.84 Å². The first kappa shape index (κ1) is 15.7. The lowest BCUT2D eigenvalue weighted by atomic mass is 9.96. The van der Waals surface area contributed by atoms with E-state index in [0.717, 1.165) is 23.1 Å². The van der Waals surface area contributed by atoms with Gasteiger partial charge in [-0.25, -0.2) is 8.42 Å². The highest BCUT2D eigenvalue weighted by atomic mass is 32.2. The Balaban J connectivity index is 1.53. The van der Waals surface area contributed by atoms with Crippen molar-refractivity contribution < 1.29 is 8.42 Å². The third kappa shape index (κ3) is 3.98. The van der Waals surface area contributed by atoms with Crippen molar-refractivity contribution in [1.82, 2.24) is 5.32 Å². The van der Waals surface area contributed by atoms with E-state index in [-0.39, 0.29) is 5.75 Å². The molecule has 0 amide bonds. The second-order valence-electron chi connectivity index (χ2n) is 6.65. The lowest BCUT2D eigenvalue weighted by molar-refractivity contribution is 0.392. The van der Waals surface area contributed by atoms with Gasteiger partial charge in [-0.1, -0.05) is 18.6 Å². The average Bonchev–Trinajstić information content (AvgIpc) is 3.01. The molecule has 22 heavy (non-hydrogen) atoms. The highest BCUT2D eigenvalue weighted by Crippen LogP contribution is 2.44. The van der Waals surface area contributed by atoms with Gasteiger partial charge in [-0.15, -0.1) is 0 Å². The monoisotopic (exact) mass is 338 g/mol. The van der Waals surface area contributed by atoms with E-state index in [2.05, 4.69) is 10.6 Å². The van der Waals surface area contributed by atoms with E-state index in [0.29, 0.717) is 11.2 Å². The Kier molecular flexibility index (Phi) is 4.41. The molecule has 2 N–H and O–H groups in total. The van der Waals surface area contributed by atoms with Gasteiger partial charge >= 0.3 is 0 Å². The molecule has 0 aliphatic heterocycles. The standard InChI is InChI=1S/C16H22N2O2S2/c1-22(19,20)10-11-3-6-14(7-4-11)17-16(21)18-15-9-12-2-5-13(15)8-12/h3-4,6-7,12-13,15H,2,5,8-10H2,1H3,(H2,17,18,21). The molecule has 0 radical (unpaired) electrons. The van der Waals surface area contributed by atoms with Crippen molar-refractivity contribution in [2.75, 3.05) is 11.6 Å². The Bertz CT molecular complexity index is 655. The second kappa shape index (κ2) is 6.16. The third-order valence-corrected chi connectivity index (χ3v) is 5.77. The number of thiocarbonyl (C=S) groups is 1. The second-order valence-corrected chi connectivity index (χ2v) is 9.20. The van der Waals surface area contributed by atoms with Crippen molar-refractivity contribution in [1.29, 1.82) is 0 Å². The van der Waals surface area contributed by atoms with Crippen LogP contribution in [-0.2, 0) is 15.6 Å². The summed E-state index contributed by atoms with van der Waals surface area (Å²) in [6.07, 6.45) is 6.53. The summed E-state index contributed by atoms with van der Waals surface area (Å²) in [7, 11) is -2.99. The first-order chi connectivity index (χ1) is 10.4. The number of anilines is 1. The van der Waals surface area contributed by atoms with Crippen molar-refractivity contribution >= 4 is 32.9 Å². The molecular weight excluding hydrogens is 316 g/mol. The lowest BCUT2D eigenvalue weighted by Crippen LogP contribution is -2.40. The number of rotatable bonds is 4. The largest absolute Gasteiger partial charge is 0.359 e. The summed E-state index contributed by atoms with van der Waals surface area (Å²) in [5.74, 6) is 1.74.